The van der Waals surface area contributed by atoms with Gasteiger partial charge in [-0.05, 0) is 37.1 Å². The van der Waals surface area contributed by atoms with Crippen LogP contribution < -0.4 is 5.32 Å². The lowest BCUT2D eigenvalue weighted by Gasteiger charge is -2.16. The SMILES string of the molecule is CC(NCCc1ccc(Cl)s1)c1cccc(Cl)c1Cl. The second-order valence-corrected chi connectivity index (χ2v) is 6.86. The number of halogens is 3. The van der Waals surface area contributed by atoms with Crippen molar-refractivity contribution >= 4 is 46.1 Å². The molecule has 1 aromatic heterocycles. The minimum absolute atomic E-state index is 0.168. The van der Waals surface area contributed by atoms with Crippen LogP contribution in [0.3, 0.4) is 0 Å². The van der Waals surface area contributed by atoms with Gasteiger partial charge >= 0.3 is 0 Å². The number of hydrogen-bond donors (Lipinski definition) is 1. The summed E-state index contributed by atoms with van der Waals surface area (Å²) in [6, 6.07) is 9.87. The first-order valence-corrected chi connectivity index (χ1v) is 7.94. The Morgan fingerprint density at radius 3 is 2.63 bits per heavy atom. The van der Waals surface area contributed by atoms with Crippen molar-refractivity contribution in [1.29, 1.82) is 0 Å². The van der Waals surface area contributed by atoms with E-state index in [0.29, 0.717) is 10.0 Å². The van der Waals surface area contributed by atoms with E-state index in [1.807, 2.05) is 18.2 Å². The quantitative estimate of drug-likeness (QED) is 0.750. The molecule has 0 bridgehead atoms. The molecule has 2 rings (SSSR count). The zero-order valence-corrected chi connectivity index (χ0v) is 13.5. The fourth-order valence-corrected chi connectivity index (χ4v) is 3.42. The van der Waals surface area contributed by atoms with Crippen molar-refractivity contribution in [2.24, 2.45) is 0 Å². The van der Waals surface area contributed by atoms with E-state index in [0.717, 1.165) is 22.9 Å². The molecule has 1 heterocycles. The van der Waals surface area contributed by atoms with E-state index in [1.165, 1.54) is 4.88 Å². The van der Waals surface area contributed by atoms with Gasteiger partial charge in [0.15, 0.2) is 0 Å². The monoisotopic (exact) mass is 333 g/mol. The molecule has 0 aliphatic rings. The predicted octanol–water partition coefficient (Wildman–Crippen LogP) is 5.60. The molecular weight excluding hydrogens is 321 g/mol. The van der Waals surface area contributed by atoms with E-state index in [2.05, 4.69) is 18.3 Å². The first-order valence-electron chi connectivity index (χ1n) is 5.99. The van der Waals surface area contributed by atoms with Gasteiger partial charge in [-0.25, -0.2) is 0 Å². The molecule has 102 valence electrons. The van der Waals surface area contributed by atoms with Gasteiger partial charge in [-0.3, -0.25) is 0 Å². The highest BCUT2D eigenvalue weighted by Gasteiger charge is 2.11. The van der Waals surface area contributed by atoms with Gasteiger partial charge in [-0.2, -0.15) is 0 Å². The molecule has 1 aromatic carbocycles. The van der Waals surface area contributed by atoms with E-state index in [-0.39, 0.29) is 6.04 Å². The summed E-state index contributed by atoms with van der Waals surface area (Å²) in [4.78, 5) is 1.28. The van der Waals surface area contributed by atoms with E-state index >= 15 is 0 Å². The van der Waals surface area contributed by atoms with Crippen LogP contribution in [0, 0.1) is 0 Å². The summed E-state index contributed by atoms with van der Waals surface area (Å²) in [6.45, 7) is 2.96. The zero-order valence-electron chi connectivity index (χ0n) is 10.4. The van der Waals surface area contributed by atoms with Gasteiger partial charge in [0.05, 0.1) is 14.4 Å². The first kappa shape index (κ1) is 15.1. The smallest absolute Gasteiger partial charge is 0.0931 e. The molecule has 1 N–H and O–H groups in total. The maximum Gasteiger partial charge on any atom is 0.0931 e. The molecule has 1 nitrogen and oxygen atoms in total. The molecule has 0 aliphatic carbocycles. The lowest BCUT2D eigenvalue weighted by Crippen LogP contribution is -2.21. The van der Waals surface area contributed by atoms with E-state index in [1.54, 1.807) is 17.4 Å². The average molecular weight is 335 g/mol. The summed E-state index contributed by atoms with van der Waals surface area (Å²) >= 11 is 19.7. The van der Waals surface area contributed by atoms with Crippen LogP contribution in [0.2, 0.25) is 14.4 Å². The molecule has 1 atom stereocenters. The third-order valence-electron chi connectivity index (χ3n) is 2.90. The van der Waals surface area contributed by atoms with Gasteiger partial charge in [-0.1, -0.05) is 46.9 Å². The molecule has 5 heteroatoms. The van der Waals surface area contributed by atoms with Gasteiger partial charge < -0.3 is 5.32 Å². The van der Waals surface area contributed by atoms with Gasteiger partial charge in [0.25, 0.3) is 0 Å². The maximum atomic E-state index is 6.20. The van der Waals surface area contributed by atoms with Crippen molar-refractivity contribution in [1.82, 2.24) is 5.32 Å². The Morgan fingerprint density at radius 1 is 1.16 bits per heavy atom. The number of hydrogen-bond acceptors (Lipinski definition) is 2. The highest BCUT2D eigenvalue weighted by atomic mass is 35.5. The summed E-state index contributed by atoms with van der Waals surface area (Å²) in [5.41, 5.74) is 1.03. The van der Waals surface area contributed by atoms with E-state index in [4.69, 9.17) is 34.8 Å². The number of nitrogens with one attached hydrogen (secondary N) is 1. The fourth-order valence-electron chi connectivity index (χ4n) is 1.86. The Kier molecular flexibility index (Phi) is 5.55. The molecular formula is C14H14Cl3NS. The molecule has 0 saturated heterocycles. The van der Waals surface area contributed by atoms with Crippen LogP contribution in [0.15, 0.2) is 30.3 Å². The van der Waals surface area contributed by atoms with E-state index < -0.39 is 0 Å². The number of benzene rings is 1. The van der Waals surface area contributed by atoms with E-state index in [9.17, 15) is 0 Å². The molecule has 0 radical (unpaired) electrons. The second-order valence-electron chi connectivity index (χ2n) is 4.27. The van der Waals surface area contributed by atoms with Crippen molar-refractivity contribution in [2.75, 3.05) is 6.54 Å². The normalized spacial score (nSPS) is 12.6. The second kappa shape index (κ2) is 6.96. The highest BCUT2D eigenvalue weighted by Crippen LogP contribution is 2.29. The van der Waals surface area contributed by atoms with Crippen LogP contribution in [0.5, 0.6) is 0 Å². The Morgan fingerprint density at radius 2 is 1.95 bits per heavy atom. The summed E-state index contributed by atoms with van der Waals surface area (Å²) in [5.74, 6) is 0. The largest absolute Gasteiger partial charge is 0.310 e. The van der Waals surface area contributed by atoms with Crippen molar-refractivity contribution in [3.63, 3.8) is 0 Å². The summed E-state index contributed by atoms with van der Waals surface area (Å²) in [5, 5.41) is 4.67. The minimum Gasteiger partial charge on any atom is -0.310 e. The zero-order chi connectivity index (χ0) is 13.8. The lowest BCUT2D eigenvalue weighted by molar-refractivity contribution is 0.579. The van der Waals surface area contributed by atoms with Crippen LogP contribution in [-0.2, 0) is 6.42 Å². The Balaban J connectivity index is 1.90. The molecule has 0 amide bonds. The summed E-state index contributed by atoms with van der Waals surface area (Å²) < 4.78 is 0.834. The van der Waals surface area contributed by atoms with Gasteiger partial charge in [-0.15, -0.1) is 11.3 Å². The highest BCUT2D eigenvalue weighted by molar-refractivity contribution is 7.16. The van der Waals surface area contributed by atoms with Crippen LogP contribution in [0.4, 0.5) is 0 Å². The Labute approximate surface area is 132 Å². The van der Waals surface area contributed by atoms with Crippen molar-refractivity contribution in [3.05, 3.63) is 55.2 Å². The van der Waals surface area contributed by atoms with Gasteiger partial charge in [0.2, 0.25) is 0 Å². The van der Waals surface area contributed by atoms with Crippen LogP contribution in [0.1, 0.15) is 23.4 Å². The maximum absolute atomic E-state index is 6.20. The third kappa shape index (κ3) is 4.11. The first-order chi connectivity index (χ1) is 9.08. The molecule has 1 unspecified atom stereocenters. The molecule has 0 fully saturated rings. The van der Waals surface area contributed by atoms with Gasteiger partial charge in [0.1, 0.15) is 0 Å². The molecule has 2 aromatic rings. The minimum atomic E-state index is 0.168. The standard InChI is InChI=1S/C14H14Cl3NS/c1-9(11-3-2-4-12(15)14(11)17)18-8-7-10-5-6-13(16)19-10/h2-6,9,18H,7-8H2,1H3. The third-order valence-corrected chi connectivity index (χ3v) is 5.02. The molecule has 0 saturated carbocycles. The fraction of sp³-hybridized carbons (Fsp3) is 0.286. The Bertz CT molecular complexity index is 553. The Hall–Kier alpha value is -0.250. The van der Waals surface area contributed by atoms with Crippen molar-refractivity contribution in [3.8, 4) is 0 Å². The molecule has 19 heavy (non-hydrogen) atoms. The van der Waals surface area contributed by atoms with Crippen LogP contribution in [-0.4, -0.2) is 6.54 Å². The van der Waals surface area contributed by atoms with Crippen LogP contribution in [0.25, 0.3) is 0 Å². The predicted molar refractivity (Wildman–Crippen MR) is 85.9 cm³/mol. The molecule has 0 spiro atoms. The topological polar surface area (TPSA) is 12.0 Å². The van der Waals surface area contributed by atoms with Gasteiger partial charge in [0, 0.05) is 17.5 Å². The van der Waals surface area contributed by atoms with Crippen molar-refractivity contribution < 1.29 is 0 Å². The van der Waals surface area contributed by atoms with Crippen LogP contribution >= 0.6 is 46.1 Å². The summed E-state index contributed by atoms with van der Waals surface area (Å²) in [6.07, 6.45) is 0.958. The number of rotatable bonds is 5. The number of thiophene rings is 1. The average Bonchev–Trinajstić information content (AvgIpc) is 2.78. The van der Waals surface area contributed by atoms with Crippen molar-refractivity contribution in [2.45, 2.75) is 19.4 Å². The lowest BCUT2D eigenvalue weighted by atomic mass is 10.1. The summed E-state index contributed by atoms with van der Waals surface area (Å²) in [7, 11) is 0. The molecule has 0 aliphatic heterocycles.